The molecule has 3 atom stereocenters. The van der Waals surface area contributed by atoms with E-state index in [9.17, 15) is 9.90 Å². The summed E-state index contributed by atoms with van der Waals surface area (Å²) in [5.74, 6) is 0.158. The molecule has 1 aromatic heterocycles. The maximum absolute atomic E-state index is 12.2. The summed E-state index contributed by atoms with van der Waals surface area (Å²) < 4.78 is 5.57. The number of aliphatic hydroxyl groups is 2. The minimum absolute atomic E-state index is 0.0567. The van der Waals surface area contributed by atoms with E-state index in [-0.39, 0.29) is 24.5 Å². The van der Waals surface area contributed by atoms with E-state index in [0.29, 0.717) is 17.2 Å². The van der Waals surface area contributed by atoms with Crippen molar-refractivity contribution in [3.8, 4) is 0 Å². The van der Waals surface area contributed by atoms with E-state index < -0.39 is 12.2 Å². The molecular formula is C15H22N2O4S. The summed E-state index contributed by atoms with van der Waals surface area (Å²) in [6, 6.07) is 0. The maximum Gasteiger partial charge on any atom is 0.229 e. The van der Waals surface area contributed by atoms with Gasteiger partial charge in [-0.25, -0.2) is 4.98 Å². The molecule has 0 radical (unpaired) electrons. The van der Waals surface area contributed by atoms with E-state index in [1.165, 1.54) is 17.8 Å². The van der Waals surface area contributed by atoms with E-state index in [1.807, 2.05) is 5.38 Å². The average molecular weight is 326 g/mol. The Morgan fingerprint density at radius 1 is 1.41 bits per heavy atom. The normalized spacial score (nSPS) is 29.6. The molecule has 1 aliphatic heterocycles. The van der Waals surface area contributed by atoms with Crippen LogP contribution in [0.5, 0.6) is 0 Å². The Balaban J connectivity index is 1.58. The summed E-state index contributed by atoms with van der Waals surface area (Å²) in [5.41, 5.74) is 0.707. The monoisotopic (exact) mass is 326 g/mol. The van der Waals surface area contributed by atoms with Crippen LogP contribution in [-0.4, -0.2) is 39.9 Å². The largest absolute Gasteiger partial charge is 0.394 e. The summed E-state index contributed by atoms with van der Waals surface area (Å²) in [7, 11) is 0. The van der Waals surface area contributed by atoms with Gasteiger partial charge in [0, 0.05) is 17.7 Å². The van der Waals surface area contributed by atoms with Gasteiger partial charge >= 0.3 is 0 Å². The van der Waals surface area contributed by atoms with Crippen molar-refractivity contribution in [1.82, 2.24) is 4.98 Å². The molecule has 2 aliphatic rings. The highest BCUT2D eigenvalue weighted by Gasteiger charge is 2.35. The molecular weight excluding hydrogens is 304 g/mol. The Labute approximate surface area is 133 Å². The number of nitrogens with zero attached hydrogens (tertiary/aromatic N) is 1. The van der Waals surface area contributed by atoms with Crippen molar-refractivity contribution < 1.29 is 19.7 Å². The van der Waals surface area contributed by atoms with Gasteiger partial charge in [0.15, 0.2) is 5.13 Å². The van der Waals surface area contributed by atoms with Crippen molar-refractivity contribution in [3.63, 3.8) is 0 Å². The second-order valence-corrected chi connectivity index (χ2v) is 6.91. The van der Waals surface area contributed by atoms with E-state index in [0.717, 1.165) is 25.7 Å². The molecule has 0 bridgehead atoms. The van der Waals surface area contributed by atoms with Gasteiger partial charge in [0.2, 0.25) is 5.91 Å². The summed E-state index contributed by atoms with van der Waals surface area (Å²) >= 11 is 1.37. The number of hydrogen-bond acceptors (Lipinski definition) is 6. The van der Waals surface area contributed by atoms with Crippen LogP contribution >= 0.6 is 11.3 Å². The number of amides is 1. The number of anilines is 1. The van der Waals surface area contributed by atoms with Gasteiger partial charge in [0.1, 0.15) is 12.2 Å². The summed E-state index contributed by atoms with van der Waals surface area (Å²) in [6.45, 7) is -0.201. The summed E-state index contributed by atoms with van der Waals surface area (Å²) in [5, 5.41) is 24.2. The van der Waals surface area contributed by atoms with Crippen molar-refractivity contribution in [2.75, 3.05) is 11.9 Å². The molecule has 7 heteroatoms. The third-order valence-electron chi connectivity index (χ3n) is 4.46. The summed E-state index contributed by atoms with van der Waals surface area (Å²) in [6.07, 6.45) is 4.27. The number of aliphatic hydroxyl groups excluding tert-OH is 2. The highest BCUT2D eigenvalue weighted by atomic mass is 32.1. The third-order valence-corrected chi connectivity index (χ3v) is 5.24. The minimum atomic E-state index is -0.669. The predicted molar refractivity (Wildman–Crippen MR) is 82.6 cm³/mol. The molecule has 0 aromatic carbocycles. The number of nitrogens with one attached hydrogen (secondary N) is 1. The smallest absolute Gasteiger partial charge is 0.229 e. The molecule has 3 N–H and O–H groups in total. The maximum atomic E-state index is 12.2. The summed E-state index contributed by atoms with van der Waals surface area (Å²) in [4.78, 5) is 16.6. The zero-order chi connectivity index (χ0) is 15.5. The molecule has 1 saturated heterocycles. The molecule has 2 fully saturated rings. The quantitative estimate of drug-likeness (QED) is 0.785. The van der Waals surface area contributed by atoms with Crippen molar-refractivity contribution in [2.45, 2.75) is 56.8 Å². The second kappa shape index (κ2) is 7.04. The van der Waals surface area contributed by atoms with E-state index >= 15 is 0 Å². The van der Waals surface area contributed by atoms with Crippen LogP contribution in [0.25, 0.3) is 0 Å². The Kier molecular flexibility index (Phi) is 5.07. The molecule has 2 heterocycles. The van der Waals surface area contributed by atoms with Gasteiger partial charge in [0.05, 0.1) is 18.4 Å². The van der Waals surface area contributed by atoms with Crippen LogP contribution in [0.15, 0.2) is 5.38 Å². The van der Waals surface area contributed by atoms with Crippen molar-refractivity contribution in [1.29, 1.82) is 0 Å². The van der Waals surface area contributed by atoms with Gasteiger partial charge in [-0.15, -0.1) is 11.3 Å². The molecule has 0 spiro atoms. The van der Waals surface area contributed by atoms with Crippen LogP contribution < -0.4 is 5.32 Å². The Morgan fingerprint density at radius 3 is 2.86 bits per heavy atom. The van der Waals surface area contributed by atoms with Crippen LogP contribution in [-0.2, 0) is 9.53 Å². The first-order valence-electron chi connectivity index (χ1n) is 7.88. The van der Waals surface area contributed by atoms with E-state index in [2.05, 4.69) is 10.3 Å². The zero-order valence-corrected chi connectivity index (χ0v) is 13.2. The van der Waals surface area contributed by atoms with Crippen LogP contribution in [0.2, 0.25) is 0 Å². The molecule has 122 valence electrons. The molecule has 1 amide bonds. The zero-order valence-electron chi connectivity index (χ0n) is 12.4. The highest BCUT2D eigenvalue weighted by Crippen LogP contribution is 2.34. The predicted octanol–water partition coefficient (Wildman–Crippen LogP) is 1.85. The molecule has 0 unspecified atom stereocenters. The minimum Gasteiger partial charge on any atom is -0.394 e. The van der Waals surface area contributed by atoms with Gasteiger partial charge < -0.3 is 20.3 Å². The molecule has 3 rings (SSSR count). The Hall–Kier alpha value is -1.02. The average Bonchev–Trinajstić information content (AvgIpc) is 3.14. The van der Waals surface area contributed by atoms with Crippen molar-refractivity contribution in [3.05, 3.63) is 11.1 Å². The van der Waals surface area contributed by atoms with Gasteiger partial charge in [0.25, 0.3) is 0 Å². The second-order valence-electron chi connectivity index (χ2n) is 6.05. The number of aromatic nitrogens is 1. The number of thiazole rings is 1. The lowest BCUT2D eigenvalue weighted by molar-refractivity contribution is -0.120. The van der Waals surface area contributed by atoms with Gasteiger partial charge in [-0.2, -0.15) is 0 Å². The molecule has 1 saturated carbocycles. The Bertz CT molecular complexity index is 515. The topological polar surface area (TPSA) is 91.7 Å². The number of carbonyl (C=O) groups excluding carboxylic acids is 1. The fourth-order valence-electron chi connectivity index (χ4n) is 3.15. The van der Waals surface area contributed by atoms with Crippen molar-refractivity contribution >= 4 is 22.4 Å². The van der Waals surface area contributed by atoms with E-state index in [1.54, 1.807) is 0 Å². The molecule has 22 heavy (non-hydrogen) atoms. The van der Waals surface area contributed by atoms with Crippen LogP contribution in [0.4, 0.5) is 5.13 Å². The SMILES string of the molecule is O=C(Nc1nc([C@H]2C[C@H](O)[C@@H](CO)O2)cs1)C1CCCCC1. The Morgan fingerprint density at radius 2 is 2.18 bits per heavy atom. The fraction of sp³-hybridized carbons (Fsp3) is 0.733. The van der Waals surface area contributed by atoms with E-state index in [4.69, 9.17) is 9.84 Å². The van der Waals surface area contributed by atoms with Gasteiger partial charge in [-0.1, -0.05) is 19.3 Å². The molecule has 6 nitrogen and oxygen atoms in total. The van der Waals surface area contributed by atoms with Crippen LogP contribution in [0.3, 0.4) is 0 Å². The lowest BCUT2D eigenvalue weighted by atomic mass is 9.89. The lowest BCUT2D eigenvalue weighted by Crippen LogP contribution is -2.24. The van der Waals surface area contributed by atoms with Crippen molar-refractivity contribution in [2.24, 2.45) is 5.92 Å². The number of rotatable bonds is 4. The van der Waals surface area contributed by atoms with Gasteiger partial charge in [-0.05, 0) is 12.8 Å². The molecule has 1 aromatic rings. The highest BCUT2D eigenvalue weighted by molar-refractivity contribution is 7.13. The number of hydrogen-bond donors (Lipinski definition) is 3. The van der Waals surface area contributed by atoms with Crippen LogP contribution in [0.1, 0.15) is 50.3 Å². The van der Waals surface area contributed by atoms with Crippen LogP contribution in [0, 0.1) is 5.92 Å². The third kappa shape index (κ3) is 3.48. The first kappa shape index (κ1) is 15.9. The number of carbonyl (C=O) groups is 1. The fourth-order valence-corrected chi connectivity index (χ4v) is 3.90. The van der Waals surface area contributed by atoms with Gasteiger partial charge in [-0.3, -0.25) is 4.79 Å². The lowest BCUT2D eigenvalue weighted by Gasteiger charge is -2.19. The first-order chi connectivity index (χ1) is 10.7. The first-order valence-corrected chi connectivity index (χ1v) is 8.76. The molecule has 1 aliphatic carbocycles. The standard InChI is InChI=1S/C15H22N2O4S/c18-7-13-11(19)6-12(21-13)10-8-22-15(16-10)17-14(20)9-4-2-1-3-5-9/h8-9,11-13,18-19H,1-7H2,(H,16,17,20)/t11-,12+,13+/m0/s1. The number of ether oxygens (including phenoxy) is 1.